The van der Waals surface area contributed by atoms with Gasteiger partial charge in [-0.1, -0.05) is 99.9 Å². The van der Waals surface area contributed by atoms with E-state index in [0.717, 1.165) is 0 Å². The first-order chi connectivity index (χ1) is 12.0. The van der Waals surface area contributed by atoms with E-state index in [1.165, 1.54) is 12.1 Å². The zero-order chi connectivity index (χ0) is 19.5. The van der Waals surface area contributed by atoms with Crippen LogP contribution in [0.3, 0.4) is 0 Å². The van der Waals surface area contributed by atoms with Gasteiger partial charge in [0, 0.05) is 0 Å². The molecule has 0 aliphatic carbocycles. The molecule has 0 saturated heterocycles. The predicted octanol–water partition coefficient (Wildman–Crippen LogP) is 6.44. The van der Waals surface area contributed by atoms with E-state index in [1.807, 2.05) is 18.2 Å². The molecule has 0 saturated carbocycles. The van der Waals surface area contributed by atoms with Gasteiger partial charge in [0.05, 0.1) is 0 Å². The molecule has 2 aromatic carbocycles. The van der Waals surface area contributed by atoms with Crippen molar-refractivity contribution in [2.75, 3.05) is 0 Å². The number of hydrogen-bond donors (Lipinski definition) is 0. The van der Waals surface area contributed by atoms with Crippen LogP contribution in [0.2, 0.25) is 0 Å². The Bertz CT molecular complexity index is 753. The Morgan fingerprint density at radius 3 is 1.54 bits per heavy atom. The smallest absolute Gasteiger partial charge is 0.249 e. The Kier molecular flexibility index (Phi) is 7.11. The van der Waals surface area contributed by atoms with E-state index in [-0.39, 0.29) is 5.56 Å². The first kappa shape index (κ1) is 21.6. The van der Waals surface area contributed by atoms with Gasteiger partial charge in [-0.15, -0.1) is 0 Å². The van der Waals surface area contributed by atoms with E-state index in [9.17, 15) is 9.59 Å². The third-order valence-electron chi connectivity index (χ3n) is 3.28. The highest BCUT2D eigenvalue weighted by Gasteiger charge is 2.47. The number of ether oxygens (including phenoxy) is 1. The van der Waals surface area contributed by atoms with E-state index in [1.54, 1.807) is 24.3 Å². The zero-order valence-electron chi connectivity index (χ0n) is 12.8. The molecule has 0 spiro atoms. The molecule has 0 atom stereocenters. The summed E-state index contributed by atoms with van der Waals surface area (Å²) in [5.41, 5.74) is 0.207. The lowest BCUT2D eigenvalue weighted by Crippen LogP contribution is -2.37. The van der Waals surface area contributed by atoms with E-state index in [2.05, 4.69) is 0 Å². The molecule has 0 radical (unpaired) electrons. The summed E-state index contributed by atoms with van der Waals surface area (Å²) < 4.78 is 0.939. The lowest BCUT2D eigenvalue weighted by Gasteiger charge is -2.22. The number of Topliss-reactive ketones (excluding diaryl/α,β-unsaturated/α-hetero) is 2. The summed E-state index contributed by atoms with van der Waals surface area (Å²) in [6, 6.07) is 15.1. The molecule has 0 aromatic heterocycles. The van der Waals surface area contributed by atoms with Crippen LogP contribution in [0.4, 0.5) is 0 Å². The molecule has 3 nitrogen and oxygen atoms in total. The summed E-state index contributed by atoms with van der Waals surface area (Å²) in [6.07, 6.45) is 0. The third-order valence-corrected chi connectivity index (χ3v) is 4.39. The number of carbonyl (C=O) groups is 2. The molecular weight excluding hydrogens is 465 g/mol. The Morgan fingerprint density at radius 2 is 1.12 bits per heavy atom. The van der Waals surface area contributed by atoms with Crippen molar-refractivity contribution in [3.63, 3.8) is 0 Å². The number of benzene rings is 2. The van der Waals surface area contributed by atoms with E-state index >= 15 is 0 Å². The van der Waals surface area contributed by atoms with Gasteiger partial charge in [0.2, 0.25) is 7.59 Å². The second kappa shape index (κ2) is 8.55. The third kappa shape index (κ3) is 5.66. The van der Waals surface area contributed by atoms with Gasteiger partial charge in [0.25, 0.3) is 0 Å². The summed E-state index contributed by atoms with van der Waals surface area (Å²) in [4.78, 5) is 24.8. The zero-order valence-corrected chi connectivity index (χ0v) is 17.3. The maximum atomic E-state index is 12.4. The van der Waals surface area contributed by atoms with Crippen molar-refractivity contribution in [3.8, 4) is 11.5 Å². The first-order valence-corrected chi connectivity index (χ1v) is 9.32. The summed E-state index contributed by atoms with van der Waals surface area (Å²) in [6.45, 7) is 0. The molecule has 2 aromatic rings. The van der Waals surface area contributed by atoms with Crippen LogP contribution in [-0.4, -0.2) is 19.2 Å². The van der Waals surface area contributed by atoms with Crippen molar-refractivity contribution in [3.05, 3.63) is 60.2 Å². The SMILES string of the molecule is O=C(C(C(=O)C(Cl)(Cl)Cl)c1ccc(Oc2ccccc2)cc1)C(Cl)(Cl)Cl. The second-order valence-corrected chi connectivity index (χ2v) is 9.70. The van der Waals surface area contributed by atoms with Crippen LogP contribution in [-0.2, 0) is 9.59 Å². The second-order valence-electron chi connectivity index (χ2n) is 5.14. The van der Waals surface area contributed by atoms with Gasteiger partial charge in [-0.25, -0.2) is 0 Å². The Balaban J connectivity index is 2.33. The molecule has 0 heterocycles. The molecule has 0 amide bonds. The molecule has 26 heavy (non-hydrogen) atoms. The van der Waals surface area contributed by atoms with Crippen LogP contribution in [0.1, 0.15) is 11.5 Å². The molecule has 0 fully saturated rings. The fourth-order valence-electron chi connectivity index (χ4n) is 2.10. The first-order valence-electron chi connectivity index (χ1n) is 7.05. The van der Waals surface area contributed by atoms with Gasteiger partial charge < -0.3 is 4.74 Å². The number of ketones is 2. The number of para-hydroxylation sites is 1. The lowest BCUT2D eigenvalue weighted by molar-refractivity contribution is -0.128. The molecule has 0 aliphatic rings. The van der Waals surface area contributed by atoms with E-state index in [4.69, 9.17) is 74.3 Å². The van der Waals surface area contributed by atoms with Crippen LogP contribution in [0, 0.1) is 0 Å². The van der Waals surface area contributed by atoms with Gasteiger partial charge in [-0.3, -0.25) is 9.59 Å². The number of halogens is 6. The summed E-state index contributed by atoms with van der Waals surface area (Å²) in [5.74, 6) is -2.50. The average molecular weight is 475 g/mol. The monoisotopic (exact) mass is 472 g/mol. The standard InChI is InChI=1S/C17H10Cl6O3/c18-16(19,20)14(24)13(15(25)17(21,22)23)10-6-8-12(9-7-10)26-11-4-2-1-3-5-11/h1-9,13H. The highest BCUT2D eigenvalue weighted by atomic mass is 35.6. The Morgan fingerprint density at radius 1 is 0.692 bits per heavy atom. The fourth-order valence-corrected chi connectivity index (χ4v) is 2.76. The molecular formula is C17H10Cl6O3. The summed E-state index contributed by atoms with van der Waals surface area (Å²) >= 11 is 33.8. The minimum Gasteiger partial charge on any atom is -0.457 e. The minimum atomic E-state index is -2.35. The van der Waals surface area contributed by atoms with Crippen LogP contribution >= 0.6 is 69.6 Å². The Hall–Kier alpha value is -0.680. The molecule has 9 heteroatoms. The predicted molar refractivity (Wildman–Crippen MR) is 106 cm³/mol. The van der Waals surface area contributed by atoms with Crippen molar-refractivity contribution in [2.45, 2.75) is 13.5 Å². The minimum absolute atomic E-state index is 0.207. The van der Waals surface area contributed by atoms with Crippen LogP contribution in [0.5, 0.6) is 11.5 Å². The number of alkyl halides is 6. The number of carbonyl (C=O) groups excluding carboxylic acids is 2. The molecule has 0 unspecified atom stereocenters. The highest BCUT2D eigenvalue weighted by Crippen LogP contribution is 2.40. The highest BCUT2D eigenvalue weighted by molar-refractivity contribution is 6.80. The van der Waals surface area contributed by atoms with Crippen LogP contribution in [0.15, 0.2) is 54.6 Å². The summed E-state index contributed by atoms with van der Waals surface area (Å²) in [7, 11) is 0. The van der Waals surface area contributed by atoms with Gasteiger partial charge in [-0.05, 0) is 29.8 Å². The topological polar surface area (TPSA) is 43.4 Å². The van der Waals surface area contributed by atoms with Crippen molar-refractivity contribution in [1.29, 1.82) is 0 Å². The van der Waals surface area contributed by atoms with Crippen molar-refractivity contribution in [2.24, 2.45) is 0 Å². The van der Waals surface area contributed by atoms with E-state index < -0.39 is 25.1 Å². The quantitative estimate of drug-likeness (QED) is 0.370. The van der Waals surface area contributed by atoms with Crippen molar-refractivity contribution in [1.82, 2.24) is 0 Å². The van der Waals surface area contributed by atoms with Crippen molar-refractivity contribution >= 4 is 81.2 Å². The largest absolute Gasteiger partial charge is 0.457 e. The maximum absolute atomic E-state index is 12.4. The maximum Gasteiger partial charge on any atom is 0.249 e. The molecule has 0 N–H and O–H groups in total. The van der Waals surface area contributed by atoms with Gasteiger partial charge in [0.1, 0.15) is 17.4 Å². The fraction of sp³-hybridized carbons (Fsp3) is 0.176. The van der Waals surface area contributed by atoms with E-state index in [0.29, 0.717) is 11.5 Å². The molecule has 0 aliphatic heterocycles. The Labute approximate surface area is 180 Å². The van der Waals surface area contributed by atoms with Crippen LogP contribution < -0.4 is 4.74 Å². The van der Waals surface area contributed by atoms with Gasteiger partial charge in [0.15, 0.2) is 11.6 Å². The molecule has 0 bridgehead atoms. The molecule has 2 rings (SSSR count). The van der Waals surface area contributed by atoms with Crippen LogP contribution in [0.25, 0.3) is 0 Å². The average Bonchev–Trinajstić information content (AvgIpc) is 2.55. The van der Waals surface area contributed by atoms with Crippen molar-refractivity contribution < 1.29 is 14.3 Å². The number of hydrogen-bond acceptors (Lipinski definition) is 3. The van der Waals surface area contributed by atoms with Gasteiger partial charge in [-0.2, -0.15) is 0 Å². The normalized spacial score (nSPS) is 12.1. The number of rotatable bonds is 5. The lowest BCUT2D eigenvalue weighted by atomic mass is 9.91. The van der Waals surface area contributed by atoms with Gasteiger partial charge >= 0.3 is 0 Å². The summed E-state index contributed by atoms with van der Waals surface area (Å²) in [5, 5.41) is 0. The molecule has 138 valence electrons.